The van der Waals surface area contributed by atoms with Gasteiger partial charge in [-0.15, -0.1) is 0 Å². The van der Waals surface area contributed by atoms with Gasteiger partial charge in [0.2, 0.25) is 0 Å². The summed E-state index contributed by atoms with van der Waals surface area (Å²) < 4.78 is 0. The molecule has 6 nitrogen and oxygen atoms in total. The molecule has 0 bridgehead atoms. The van der Waals surface area contributed by atoms with E-state index >= 15 is 0 Å². The molecule has 1 fully saturated rings. The van der Waals surface area contributed by atoms with Gasteiger partial charge in [-0.1, -0.05) is 6.07 Å². The zero-order valence-corrected chi connectivity index (χ0v) is 12.7. The third-order valence-electron chi connectivity index (χ3n) is 4.25. The van der Waals surface area contributed by atoms with Crippen molar-refractivity contribution in [2.24, 2.45) is 5.92 Å². The summed E-state index contributed by atoms with van der Waals surface area (Å²) in [6, 6.07) is 5.45. The molecule has 0 unspecified atom stereocenters. The minimum Gasteiger partial charge on any atom is -0.480 e. The Balaban J connectivity index is 1.90. The molecule has 22 heavy (non-hydrogen) atoms. The summed E-state index contributed by atoms with van der Waals surface area (Å²) >= 11 is 0. The SMILES string of the molecule is CN1CCN(CC2CC2)C(=O)c2cccc(NCC(=O)O)c21. The maximum Gasteiger partial charge on any atom is 0.322 e. The van der Waals surface area contributed by atoms with E-state index in [0.717, 1.165) is 18.8 Å². The topological polar surface area (TPSA) is 72.9 Å². The van der Waals surface area contributed by atoms with Crippen molar-refractivity contribution in [3.05, 3.63) is 23.8 Å². The molecule has 1 heterocycles. The number of amides is 1. The molecule has 1 amide bonds. The van der Waals surface area contributed by atoms with Gasteiger partial charge in [-0.05, 0) is 30.9 Å². The fourth-order valence-corrected chi connectivity index (χ4v) is 2.88. The third kappa shape index (κ3) is 3.00. The van der Waals surface area contributed by atoms with Gasteiger partial charge in [0.15, 0.2) is 0 Å². The number of fused-ring (bicyclic) bond motifs is 1. The molecule has 0 spiro atoms. The van der Waals surface area contributed by atoms with Crippen LogP contribution in [0.2, 0.25) is 0 Å². The number of nitrogens with zero attached hydrogens (tertiary/aromatic N) is 2. The van der Waals surface area contributed by atoms with Gasteiger partial charge in [0, 0.05) is 26.7 Å². The highest BCUT2D eigenvalue weighted by Crippen LogP contribution is 2.34. The standard InChI is InChI=1S/C16H21N3O3/c1-18-7-8-19(10-11-5-6-11)16(22)12-3-2-4-13(15(12)18)17-9-14(20)21/h2-4,11,17H,5-10H2,1H3,(H,20,21). The molecule has 6 heteroatoms. The minimum atomic E-state index is -0.921. The van der Waals surface area contributed by atoms with E-state index in [0.29, 0.717) is 23.7 Å². The molecular weight excluding hydrogens is 282 g/mol. The first-order chi connectivity index (χ1) is 10.6. The molecular formula is C16H21N3O3. The number of carboxylic acid groups (broad SMARTS) is 1. The number of benzene rings is 1. The summed E-state index contributed by atoms with van der Waals surface area (Å²) in [6.45, 7) is 2.12. The number of rotatable bonds is 5. The number of aliphatic carboxylic acids is 1. The Morgan fingerprint density at radius 3 is 2.82 bits per heavy atom. The monoisotopic (exact) mass is 303 g/mol. The fraction of sp³-hybridized carbons (Fsp3) is 0.500. The number of carbonyl (C=O) groups excluding carboxylic acids is 1. The Morgan fingerprint density at radius 2 is 2.14 bits per heavy atom. The lowest BCUT2D eigenvalue weighted by Crippen LogP contribution is -2.35. The van der Waals surface area contributed by atoms with Gasteiger partial charge < -0.3 is 20.2 Å². The first kappa shape index (κ1) is 14.7. The summed E-state index contributed by atoms with van der Waals surface area (Å²) in [5.74, 6) is -0.218. The van der Waals surface area contributed by atoms with Gasteiger partial charge in [0.25, 0.3) is 5.91 Å². The molecule has 1 aliphatic carbocycles. The van der Waals surface area contributed by atoms with Crippen LogP contribution in [0.5, 0.6) is 0 Å². The van der Waals surface area contributed by atoms with Crippen LogP contribution < -0.4 is 10.2 Å². The van der Waals surface area contributed by atoms with Crippen molar-refractivity contribution < 1.29 is 14.7 Å². The molecule has 1 aromatic rings. The second-order valence-electron chi connectivity index (χ2n) is 6.07. The lowest BCUT2D eigenvalue weighted by molar-refractivity contribution is -0.134. The molecule has 1 saturated carbocycles. The quantitative estimate of drug-likeness (QED) is 0.862. The van der Waals surface area contributed by atoms with Crippen molar-refractivity contribution >= 4 is 23.3 Å². The van der Waals surface area contributed by atoms with Gasteiger partial charge in [-0.2, -0.15) is 0 Å². The first-order valence-electron chi connectivity index (χ1n) is 7.65. The van der Waals surface area contributed by atoms with Gasteiger partial charge in [-0.3, -0.25) is 9.59 Å². The zero-order chi connectivity index (χ0) is 15.7. The van der Waals surface area contributed by atoms with E-state index < -0.39 is 5.97 Å². The second-order valence-corrected chi connectivity index (χ2v) is 6.07. The van der Waals surface area contributed by atoms with E-state index in [9.17, 15) is 9.59 Å². The highest BCUT2D eigenvalue weighted by Gasteiger charge is 2.31. The number of anilines is 2. The van der Waals surface area contributed by atoms with Crippen LogP contribution in [0.4, 0.5) is 11.4 Å². The second kappa shape index (κ2) is 5.87. The number of hydrogen-bond donors (Lipinski definition) is 2. The summed E-state index contributed by atoms with van der Waals surface area (Å²) in [7, 11) is 1.94. The van der Waals surface area contributed by atoms with Gasteiger partial charge in [0.05, 0.1) is 16.9 Å². The number of nitrogens with one attached hydrogen (secondary N) is 1. The number of carboxylic acids is 1. The normalized spacial score (nSPS) is 18.0. The third-order valence-corrected chi connectivity index (χ3v) is 4.25. The highest BCUT2D eigenvalue weighted by molar-refractivity contribution is 6.03. The van der Waals surface area contributed by atoms with Crippen LogP contribution >= 0.6 is 0 Å². The van der Waals surface area contributed by atoms with E-state index in [4.69, 9.17) is 5.11 Å². The van der Waals surface area contributed by atoms with E-state index in [-0.39, 0.29) is 12.5 Å². The summed E-state index contributed by atoms with van der Waals surface area (Å²) in [5.41, 5.74) is 2.15. The highest BCUT2D eigenvalue weighted by atomic mass is 16.4. The van der Waals surface area contributed by atoms with Crippen molar-refractivity contribution in [3.63, 3.8) is 0 Å². The maximum atomic E-state index is 12.8. The lowest BCUT2D eigenvalue weighted by atomic mass is 10.1. The fourth-order valence-electron chi connectivity index (χ4n) is 2.88. The van der Waals surface area contributed by atoms with Crippen LogP contribution in [-0.2, 0) is 4.79 Å². The number of carbonyl (C=O) groups is 2. The Kier molecular flexibility index (Phi) is 3.92. The maximum absolute atomic E-state index is 12.8. The molecule has 2 aliphatic rings. The molecule has 2 N–H and O–H groups in total. The van der Waals surface area contributed by atoms with Gasteiger partial charge in [-0.25, -0.2) is 0 Å². The molecule has 0 radical (unpaired) electrons. The molecule has 3 rings (SSSR count). The van der Waals surface area contributed by atoms with E-state index in [2.05, 4.69) is 5.32 Å². The number of para-hydroxylation sites is 1. The summed E-state index contributed by atoms with van der Waals surface area (Å²) in [5, 5.41) is 11.8. The van der Waals surface area contributed by atoms with Crippen LogP contribution in [-0.4, -0.2) is 55.1 Å². The zero-order valence-electron chi connectivity index (χ0n) is 12.7. The molecule has 1 aromatic carbocycles. The van der Waals surface area contributed by atoms with Crippen molar-refractivity contribution in [2.45, 2.75) is 12.8 Å². The average Bonchev–Trinajstić information content (AvgIpc) is 3.32. The number of hydrogen-bond acceptors (Lipinski definition) is 4. The van der Waals surface area contributed by atoms with Gasteiger partial charge >= 0.3 is 5.97 Å². The van der Waals surface area contributed by atoms with E-state index in [1.165, 1.54) is 12.8 Å². The molecule has 0 saturated heterocycles. The van der Waals surface area contributed by atoms with Crippen LogP contribution in [0.1, 0.15) is 23.2 Å². The van der Waals surface area contributed by atoms with Crippen molar-refractivity contribution in [1.29, 1.82) is 0 Å². The predicted octanol–water partition coefficient (Wildman–Crippen LogP) is 1.49. The van der Waals surface area contributed by atoms with Crippen molar-refractivity contribution in [2.75, 3.05) is 43.4 Å². The van der Waals surface area contributed by atoms with Crippen LogP contribution in [0.15, 0.2) is 18.2 Å². The molecule has 1 aliphatic heterocycles. The Hall–Kier alpha value is -2.24. The molecule has 0 atom stereocenters. The smallest absolute Gasteiger partial charge is 0.322 e. The first-order valence-corrected chi connectivity index (χ1v) is 7.65. The largest absolute Gasteiger partial charge is 0.480 e. The Bertz CT molecular complexity index is 598. The van der Waals surface area contributed by atoms with Crippen molar-refractivity contribution in [1.82, 2.24) is 4.90 Å². The molecule has 0 aromatic heterocycles. The van der Waals surface area contributed by atoms with Crippen LogP contribution in [0.25, 0.3) is 0 Å². The van der Waals surface area contributed by atoms with E-state index in [1.807, 2.05) is 29.0 Å². The minimum absolute atomic E-state index is 0.0465. The lowest BCUT2D eigenvalue weighted by Gasteiger charge is -2.22. The van der Waals surface area contributed by atoms with E-state index in [1.54, 1.807) is 6.07 Å². The average molecular weight is 303 g/mol. The molecule has 118 valence electrons. The predicted molar refractivity (Wildman–Crippen MR) is 84.5 cm³/mol. The Labute approximate surface area is 129 Å². The number of likely N-dealkylation sites (N-methyl/N-ethyl adjacent to an activating group) is 1. The summed E-state index contributed by atoms with van der Waals surface area (Å²) in [4.78, 5) is 27.5. The Morgan fingerprint density at radius 1 is 1.36 bits per heavy atom. The van der Waals surface area contributed by atoms with Crippen molar-refractivity contribution in [3.8, 4) is 0 Å². The van der Waals surface area contributed by atoms with Gasteiger partial charge in [0.1, 0.15) is 6.54 Å². The summed E-state index contributed by atoms with van der Waals surface area (Å²) in [6.07, 6.45) is 2.43. The van der Waals surface area contributed by atoms with Crippen LogP contribution in [0.3, 0.4) is 0 Å². The van der Waals surface area contributed by atoms with Crippen LogP contribution in [0, 0.1) is 5.92 Å².